The number of benzene rings is 3. The van der Waals surface area contributed by atoms with Gasteiger partial charge in [0, 0.05) is 28.3 Å². The maximum atomic E-state index is 13.2. The monoisotopic (exact) mass is 488 g/mol. The number of nitro groups is 1. The highest BCUT2D eigenvalue weighted by Gasteiger charge is 2.68. The molecule has 0 saturated carbocycles. The predicted octanol–water partition coefficient (Wildman–Crippen LogP) is 4.31. The van der Waals surface area contributed by atoms with Crippen LogP contribution in [0.5, 0.6) is 5.75 Å². The third-order valence-corrected chi connectivity index (χ3v) is 7.24. The van der Waals surface area contributed by atoms with Gasteiger partial charge in [-0.15, -0.1) is 0 Å². The molecule has 0 unspecified atom stereocenters. The van der Waals surface area contributed by atoms with Crippen LogP contribution in [0.25, 0.3) is 0 Å². The van der Waals surface area contributed by atoms with E-state index < -0.39 is 23.4 Å². The Balaban J connectivity index is 1.46. The minimum atomic E-state index is -1.41. The van der Waals surface area contributed by atoms with Crippen molar-refractivity contribution in [2.75, 3.05) is 18.9 Å². The number of halogens is 1. The zero-order valence-electron chi connectivity index (χ0n) is 18.8. The van der Waals surface area contributed by atoms with Gasteiger partial charge in [-0.25, -0.2) is 0 Å². The summed E-state index contributed by atoms with van der Waals surface area (Å²) in [5.41, 5.74) is 1.70. The van der Waals surface area contributed by atoms with Crippen molar-refractivity contribution in [1.82, 2.24) is 4.90 Å². The van der Waals surface area contributed by atoms with Gasteiger partial charge in [-0.1, -0.05) is 54.1 Å². The third kappa shape index (κ3) is 3.52. The van der Waals surface area contributed by atoms with Crippen LogP contribution in [0.4, 0.5) is 5.69 Å². The molecular weight excluding hydrogens is 468 g/mol. The molecule has 3 atom stereocenters. The number of nitrogens with zero attached hydrogens (tertiary/aromatic N) is 3. The average Bonchev–Trinajstić information content (AvgIpc) is 3.33. The van der Waals surface area contributed by atoms with E-state index in [-0.39, 0.29) is 11.5 Å². The van der Waals surface area contributed by atoms with Crippen LogP contribution in [0.15, 0.2) is 66.7 Å². The van der Waals surface area contributed by atoms with Gasteiger partial charge in [-0.2, -0.15) is 5.26 Å². The molecule has 8 nitrogen and oxygen atoms in total. The molecule has 2 aliphatic rings. The molecule has 0 aliphatic carbocycles. The number of para-hydroxylation sites is 1. The molecule has 0 bridgehead atoms. The molecule has 1 saturated heterocycles. The van der Waals surface area contributed by atoms with Gasteiger partial charge in [0.15, 0.2) is 5.54 Å². The first-order valence-corrected chi connectivity index (χ1v) is 11.4. The van der Waals surface area contributed by atoms with Crippen molar-refractivity contribution in [1.29, 1.82) is 5.26 Å². The largest absolute Gasteiger partial charge is 0.487 e. The number of nitrogens with one attached hydrogen (secondary N) is 1. The fourth-order valence-corrected chi connectivity index (χ4v) is 5.60. The molecule has 0 aromatic heterocycles. The molecule has 1 amide bonds. The Morgan fingerprint density at radius 3 is 2.71 bits per heavy atom. The van der Waals surface area contributed by atoms with Crippen LogP contribution in [-0.4, -0.2) is 35.4 Å². The Morgan fingerprint density at radius 2 is 1.97 bits per heavy atom. The molecular formula is C26H21ClN4O4. The molecule has 2 aliphatic heterocycles. The summed E-state index contributed by atoms with van der Waals surface area (Å²) in [5, 5.41) is 24.8. The number of amides is 1. The van der Waals surface area contributed by atoms with Crippen molar-refractivity contribution in [2.45, 2.75) is 24.1 Å². The van der Waals surface area contributed by atoms with Gasteiger partial charge < -0.3 is 10.1 Å². The summed E-state index contributed by atoms with van der Waals surface area (Å²) >= 11 is 6.52. The van der Waals surface area contributed by atoms with Gasteiger partial charge >= 0.3 is 0 Å². The SMILES string of the molecule is CN1C[C@H](c2ccc(OCc3ccccc3C#N)c(Cl)c2)[C@H]([N+](=O)[O-])[C@]12C(=O)Nc1ccccc12. The van der Waals surface area contributed by atoms with Crippen LogP contribution < -0.4 is 10.1 Å². The summed E-state index contributed by atoms with van der Waals surface area (Å²) in [7, 11) is 1.74. The molecule has 3 aromatic rings. The van der Waals surface area contributed by atoms with E-state index in [1.54, 1.807) is 72.6 Å². The van der Waals surface area contributed by atoms with Crippen molar-refractivity contribution >= 4 is 23.2 Å². The number of fused-ring (bicyclic) bond motifs is 2. The second-order valence-electron chi connectivity index (χ2n) is 8.73. The number of hydrogen-bond donors (Lipinski definition) is 1. The fourth-order valence-electron chi connectivity index (χ4n) is 5.36. The Hall–Kier alpha value is -3.93. The average molecular weight is 489 g/mol. The van der Waals surface area contributed by atoms with E-state index in [0.29, 0.717) is 39.7 Å². The molecule has 1 N–H and O–H groups in total. The Labute approximate surface area is 206 Å². The summed E-state index contributed by atoms with van der Waals surface area (Å²) in [6, 6.07) is 20.3. The molecule has 1 spiro atoms. The normalized spacial score (nSPS) is 23.1. The predicted molar refractivity (Wildman–Crippen MR) is 130 cm³/mol. The van der Waals surface area contributed by atoms with Crippen LogP contribution in [-0.2, 0) is 16.9 Å². The topological polar surface area (TPSA) is 108 Å². The quantitative estimate of drug-likeness (QED) is 0.423. The summed E-state index contributed by atoms with van der Waals surface area (Å²) < 4.78 is 5.84. The number of carbonyl (C=O) groups excluding carboxylic acids is 1. The van der Waals surface area contributed by atoms with E-state index >= 15 is 0 Å². The van der Waals surface area contributed by atoms with Gasteiger partial charge in [0.05, 0.1) is 22.6 Å². The van der Waals surface area contributed by atoms with Crippen molar-refractivity contribution in [3.8, 4) is 11.8 Å². The molecule has 5 rings (SSSR count). The fraction of sp³-hybridized carbons (Fsp3) is 0.231. The van der Waals surface area contributed by atoms with Crippen LogP contribution in [0.2, 0.25) is 5.02 Å². The van der Waals surface area contributed by atoms with Crippen molar-refractivity contribution < 1.29 is 14.5 Å². The smallest absolute Gasteiger partial charge is 0.256 e. The number of anilines is 1. The van der Waals surface area contributed by atoms with Gasteiger partial charge in [0.1, 0.15) is 12.4 Å². The summed E-state index contributed by atoms with van der Waals surface area (Å²) in [6.07, 6.45) is 0. The van der Waals surface area contributed by atoms with E-state index in [2.05, 4.69) is 11.4 Å². The number of likely N-dealkylation sites (N-methyl/N-ethyl adjacent to an activating group) is 1. The number of hydrogen-bond acceptors (Lipinski definition) is 6. The lowest BCUT2D eigenvalue weighted by molar-refractivity contribution is -0.534. The minimum absolute atomic E-state index is 0.159. The van der Waals surface area contributed by atoms with E-state index in [1.165, 1.54) is 0 Å². The lowest BCUT2D eigenvalue weighted by Crippen LogP contribution is -2.54. The van der Waals surface area contributed by atoms with Crippen LogP contribution >= 0.6 is 11.6 Å². The second kappa shape index (κ2) is 8.69. The van der Waals surface area contributed by atoms with Gasteiger partial charge in [0.25, 0.3) is 11.9 Å². The summed E-state index contributed by atoms with van der Waals surface area (Å²) in [4.78, 5) is 27.1. The van der Waals surface area contributed by atoms with E-state index in [4.69, 9.17) is 16.3 Å². The van der Waals surface area contributed by atoms with Crippen LogP contribution in [0.1, 0.15) is 28.2 Å². The summed E-state index contributed by atoms with van der Waals surface area (Å²) in [5.74, 6) is -0.559. The molecule has 9 heteroatoms. The zero-order chi connectivity index (χ0) is 24.7. The first kappa shape index (κ1) is 22.8. The van der Waals surface area contributed by atoms with Crippen molar-refractivity contribution in [3.63, 3.8) is 0 Å². The lowest BCUT2D eigenvalue weighted by atomic mass is 9.79. The Kier molecular flexibility index (Phi) is 5.67. The zero-order valence-corrected chi connectivity index (χ0v) is 19.5. The molecule has 2 heterocycles. The molecule has 35 heavy (non-hydrogen) atoms. The first-order valence-electron chi connectivity index (χ1n) is 11.0. The third-order valence-electron chi connectivity index (χ3n) is 6.95. The van der Waals surface area contributed by atoms with Crippen molar-refractivity contribution in [3.05, 3.63) is 104 Å². The Morgan fingerprint density at radius 1 is 1.23 bits per heavy atom. The van der Waals surface area contributed by atoms with E-state index in [1.807, 2.05) is 6.07 Å². The number of ether oxygens (including phenoxy) is 1. The van der Waals surface area contributed by atoms with Crippen LogP contribution in [0.3, 0.4) is 0 Å². The number of rotatable bonds is 5. The first-order chi connectivity index (χ1) is 16.9. The van der Waals surface area contributed by atoms with E-state index in [9.17, 15) is 20.2 Å². The van der Waals surface area contributed by atoms with Gasteiger partial charge in [-0.05, 0) is 36.9 Å². The molecule has 176 valence electrons. The standard InChI is InChI=1S/C26H21ClN4O4/c1-30-14-19(24(31(33)34)26(30)20-8-4-5-9-22(20)29-25(26)32)16-10-11-23(21(27)12-16)35-15-18-7-3-2-6-17(18)13-28/h2-12,19,24H,14-15H2,1H3,(H,29,32)/t19-,24+,26-/m1/s1. The molecule has 0 radical (unpaired) electrons. The minimum Gasteiger partial charge on any atom is -0.487 e. The lowest BCUT2D eigenvalue weighted by Gasteiger charge is -2.30. The van der Waals surface area contributed by atoms with Gasteiger partial charge in [0.2, 0.25) is 0 Å². The maximum Gasteiger partial charge on any atom is 0.256 e. The highest BCUT2D eigenvalue weighted by molar-refractivity contribution is 6.32. The van der Waals surface area contributed by atoms with Crippen molar-refractivity contribution in [2.24, 2.45) is 0 Å². The number of likely N-dealkylation sites (tertiary alicyclic amines) is 1. The Bertz CT molecular complexity index is 1390. The molecule has 3 aromatic carbocycles. The van der Waals surface area contributed by atoms with Crippen LogP contribution in [0, 0.1) is 21.4 Å². The summed E-state index contributed by atoms with van der Waals surface area (Å²) in [6.45, 7) is 0.464. The molecule has 1 fully saturated rings. The number of nitriles is 1. The highest BCUT2D eigenvalue weighted by atomic mass is 35.5. The second-order valence-corrected chi connectivity index (χ2v) is 9.14. The highest BCUT2D eigenvalue weighted by Crippen LogP contribution is 2.52. The maximum absolute atomic E-state index is 13.2. The van der Waals surface area contributed by atoms with E-state index in [0.717, 1.165) is 5.56 Å². The number of carbonyl (C=O) groups is 1. The van der Waals surface area contributed by atoms with Gasteiger partial charge in [-0.3, -0.25) is 19.8 Å².